The molecule has 0 aliphatic rings. The first-order chi connectivity index (χ1) is 9.90. The number of hydrogen-bond acceptors (Lipinski definition) is 5. The van der Waals surface area contributed by atoms with Crippen LogP contribution in [0.25, 0.3) is 0 Å². The number of imide groups is 1. The fourth-order valence-electron chi connectivity index (χ4n) is 1.65. The van der Waals surface area contributed by atoms with Crippen molar-refractivity contribution in [2.75, 3.05) is 12.3 Å². The van der Waals surface area contributed by atoms with Crippen LogP contribution in [0.5, 0.6) is 0 Å². The molecule has 0 bridgehead atoms. The summed E-state index contributed by atoms with van der Waals surface area (Å²) in [6.07, 6.45) is 0. The van der Waals surface area contributed by atoms with Crippen molar-refractivity contribution in [3.63, 3.8) is 0 Å². The standard InChI is InChI=1S/C14H18N4O2S/c1-5-16-14(20)18-12(19)7-21-13-11(6-15)9(3)8(2)10(4)17-13/h5,7H2,1-4H3,(H2,16,18,19,20). The zero-order valence-electron chi connectivity index (χ0n) is 12.5. The molecular weight excluding hydrogens is 288 g/mol. The predicted octanol–water partition coefficient (Wildman–Crippen LogP) is 1.82. The van der Waals surface area contributed by atoms with Gasteiger partial charge in [-0.3, -0.25) is 10.1 Å². The number of nitrogens with zero attached hydrogens (tertiary/aromatic N) is 2. The average Bonchev–Trinajstić information content (AvgIpc) is 2.43. The van der Waals surface area contributed by atoms with Gasteiger partial charge in [0, 0.05) is 12.2 Å². The van der Waals surface area contributed by atoms with Crippen LogP contribution in [0.4, 0.5) is 4.79 Å². The molecule has 0 saturated carbocycles. The maximum Gasteiger partial charge on any atom is 0.321 e. The van der Waals surface area contributed by atoms with Gasteiger partial charge in [0.05, 0.1) is 11.3 Å². The van der Waals surface area contributed by atoms with E-state index in [0.29, 0.717) is 17.1 Å². The molecule has 1 aromatic rings. The van der Waals surface area contributed by atoms with Crippen LogP contribution in [-0.4, -0.2) is 29.2 Å². The Morgan fingerprint density at radius 3 is 2.52 bits per heavy atom. The Bertz CT molecular complexity index is 608. The number of hydrogen-bond donors (Lipinski definition) is 2. The molecule has 0 fully saturated rings. The number of amides is 3. The van der Waals surface area contributed by atoms with Crippen LogP contribution < -0.4 is 10.6 Å². The number of aromatic nitrogens is 1. The Kier molecular flexibility index (Phi) is 6.18. The quantitative estimate of drug-likeness (QED) is 0.827. The molecule has 0 unspecified atom stereocenters. The smallest absolute Gasteiger partial charge is 0.321 e. The van der Waals surface area contributed by atoms with Gasteiger partial charge in [0.1, 0.15) is 11.1 Å². The fourth-order valence-corrected chi connectivity index (χ4v) is 2.53. The number of aryl methyl sites for hydroxylation is 1. The predicted molar refractivity (Wildman–Crippen MR) is 81.1 cm³/mol. The minimum Gasteiger partial charge on any atom is -0.338 e. The molecule has 0 aliphatic heterocycles. The molecule has 0 atom stereocenters. The van der Waals surface area contributed by atoms with Crippen LogP contribution in [0.3, 0.4) is 0 Å². The molecule has 112 valence electrons. The Balaban J connectivity index is 2.79. The summed E-state index contributed by atoms with van der Waals surface area (Å²) in [4.78, 5) is 27.2. The summed E-state index contributed by atoms with van der Waals surface area (Å²) < 4.78 is 0. The second-order valence-corrected chi connectivity index (χ2v) is 5.40. The molecule has 7 heteroatoms. The van der Waals surface area contributed by atoms with Crippen molar-refractivity contribution < 1.29 is 9.59 Å². The second kappa shape index (κ2) is 7.64. The van der Waals surface area contributed by atoms with Crippen LogP contribution in [-0.2, 0) is 4.79 Å². The molecule has 0 saturated heterocycles. The van der Waals surface area contributed by atoms with Gasteiger partial charge in [0.2, 0.25) is 5.91 Å². The van der Waals surface area contributed by atoms with Crippen molar-refractivity contribution >= 4 is 23.7 Å². The van der Waals surface area contributed by atoms with E-state index in [1.807, 2.05) is 20.8 Å². The van der Waals surface area contributed by atoms with Crippen molar-refractivity contribution in [2.45, 2.75) is 32.7 Å². The van der Waals surface area contributed by atoms with Gasteiger partial charge in [-0.05, 0) is 38.8 Å². The monoisotopic (exact) mass is 306 g/mol. The van der Waals surface area contributed by atoms with Gasteiger partial charge in [0.25, 0.3) is 0 Å². The maximum atomic E-state index is 11.6. The van der Waals surface area contributed by atoms with Crippen molar-refractivity contribution in [3.05, 3.63) is 22.4 Å². The zero-order chi connectivity index (χ0) is 16.0. The molecule has 3 amide bonds. The number of thioether (sulfide) groups is 1. The van der Waals surface area contributed by atoms with E-state index < -0.39 is 11.9 Å². The first-order valence-electron chi connectivity index (χ1n) is 6.49. The van der Waals surface area contributed by atoms with Gasteiger partial charge < -0.3 is 5.32 Å². The van der Waals surface area contributed by atoms with E-state index in [9.17, 15) is 14.9 Å². The van der Waals surface area contributed by atoms with Crippen LogP contribution in [0.15, 0.2) is 5.03 Å². The van der Waals surface area contributed by atoms with Crippen LogP contribution in [0, 0.1) is 32.1 Å². The van der Waals surface area contributed by atoms with Crippen LogP contribution in [0.1, 0.15) is 29.3 Å². The lowest BCUT2D eigenvalue weighted by atomic mass is 10.1. The van der Waals surface area contributed by atoms with Gasteiger partial charge in [-0.25, -0.2) is 9.78 Å². The van der Waals surface area contributed by atoms with E-state index in [2.05, 4.69) is 21.7 Å². The third-order valence-corrected chi connectivity index (χ3v) is 3.98. The molecular formula is C14H18N4O2S. The number of nitrogens with one attached hydrogen (secondary N) is 2. The highest BCUT2D eigenvalue weighted by Gasteiger charge is 2.15. The van der Waals surface area contributed by atoms with Crippen LogP contribution >= 0.6 is 11.8 Å². The molecule has 1 heterocycles. The van der Waals surface area contributed by atoms with Gasteiger partial charge in [0.15, 0.2) is 0 Å². The number of pyridine rings is 1. The third-order valence-electron chi connectivity index (χ3n) is 3.01. The Hall–Kier alpha value is -2.07. The minimum absolute atomic E-state index is 0.0285. The molecule has 1 rings (SSSR count). The molecule has 0 aromatic carbocycles. The molecule has 1 aromatic heterocycles. The molecule has 0 aliphatic carbocycles. The summed E-state index contributed by atoms with van der Waals surface area (Å²) in [7, 11) is 0. The van der Waals surface area contributed by atoms with Crippen molar-refractivity contribution in [1.82, 2.24) is 15.6 Å². The van der Waals surface area contributed by atoms with Crippen molar-refractivity contribution in [3.8, 4) is 6.07 Å². The highest BCUT2D eigenvalue weighted by Crippen LogP contribution is 2.26. The summed E-state index contributed by atoms with van der Waals surface area (Å²) in [5, 5.41) is 14.4. The van der Waals surface area contributed by atoms with E-state index in [1.54, 1.807) is 6.92 Å². The lowest BCUT2D eigenvalue weighted by Crippen LogP contribution is -2.40. The highest BCUT2D eigenvalue weighted by atomic mass is 32.2. The second-order valence-electron chi connectivity index (χ2n) is 4.44. The van der Waals surface area contributed by atoms with Crippen LogP contribution in [0.2, 0.25) is 0 Å². The van der Waals surface area contributed by atoms with E-state index in [0.717, 1.165) is 28.6 Å². The molecule has 21 heavy (non-hydrogen) atoms. The Morgan fingerprint density at radius 2 is 1.95 bits per heavy atom. The van der Waals surface area contributed by atoms with E-state index >= 15 is 0 Å². The number of urea groups is 1. The number of nitriles is 1. The number of carbonyl (C=O) groups is 2. The van der Waals surface area contributed by atoms with Gasteiger partial charge in [-0.1, -0.05) is 11.8 Å². The highest BCUT2D eigenvalue weighted by molar-refractivity contribution is 8.00. The summed E-state index contributed by atoms with van der Waals surface area (Å²) in [6, 6.07) is 1.60. The van der Waals surface area contributed by atoms with Crippen molar-refractivity contribution in [1.29, 1.82) is 5.26 Å². The largest absolute Gasteiger partial charge is 0.338 e. The Labute approximate surface area is 128 Å². The van der Waals surface area contributed by atoms with Crippen molar-refractivity contribution in [2.24, 2.45) is 0 Å². The number of rotatable bonds is 4. The van der Waals surface area contributed by atoms with Gasteiger partial charge in [-0.15, -0.1) is 0 Å². The summed E-state index contributed by atoms with van der Waals surface area (Å²) >= 11 is 1.15. The first kappa shape index (κ1) is 17.0. The zero-order valence-corrected chi connectivity index (χ0v) is 13.3. The summed E-state index contributed by atoms with van der Waals surface area (Å²) in [5.74, 6) is -0.395. The summed E-state index contributed by atoms with van der Waals surface area (Å²) in [6.45, 7) is 7.85. The number of carbonyl (C=O) groups excluding carboxylic acids is 2. The van der Waals surface area contributed by atoms with E-state index in [-0.39, 0.29) is 5.75 Å². The maximum absolute atomic E-state index is 11.6. The lowest BCUT2D eigenvalue weighted by Gasteiger charge is -2.11. The normalized spacial score (nSPS) is 9.86. The fraction of sp³-hybridized carbons (Fsp3) is 0.429. The average molecular weight is 306 g/mol. The topological polar surface area (TPSA) is 94.9 Å². The first-order valence-corrected chi connectivity index (χ1v) is 7.47. The molecule has 0 spiro atoms. The lowest BCUT2D eigenvalue weighted by molar-refractivity contribution is -0.117. The molecule has 0 radical (unpaired) electrons. The third kappa shape index (κ3) is 4.46. The summed E-state index contributed by atoms with van der Waals surface area (Å²) in [5.41, 5.74) is 3.16. The van der Waals surface area contributed by atoms with Gasteiger partial charge >= 0.3 is 6.03 Å². The molecule has 2 N–H and O–H groups in total. The SMILES string of the molecule is CCNC(=O)NC(=O)CSc1nc(C)c(C)c(C)c1C#N. The molecule has 6 nitrogen and oxygen atoms in total. The van der Waals surface area contributed by atoms with E-state index in [4.69, 9.17) is 0 Å². The minimum atomic E-state index is -0.521. The van der Waals surface area contributed by atoms with Gasteiger partial charge in [-0.2, -0.15) is 5.26 Å². The van der Waals surface area contributed by atoms with E-state index in [1.165, 1.54) is 0 Å². The Morgan fingerprint density at radius 1 is 1.29 bits per heavy atom.